The van der Waals surface area contributed by atoms with E-state index in [2.05, 4.69) is 52.8 Å². The Morgan fingerprint density at radius 2 is 1.65 bits per heavy atom. The molecule has 0 radical (unpaired) electrons. The molecule has 0 amide bonds. The van der Waals surface area contributed by atoms with Crippen molar-refractivity contribution in [2.24, 2.45) is 5.41 Å². The second-order valence-electron chi connectivity index (χ2n) is 7.52. The third kappa shape index (κ3) is 4.61. The third-order valence-electron chi connectivity index (χ3n) is 4.83. The van der Waals surface area contributed by atoms with Crippen molar-refractivity contribution in [1.82, 2.24) is 0 Å². The van der Waals surface area contributed by atoms with E-state index in [0.717, 1.165) is 24.8 Å². The summed E-state index contributed by atoms with van der Waals surface area (Å²) in [5.41, 5.74) is 2.80. The first kappa shape index (κ1) is 17.2. The van der Waals surface area contributed by atoms with Crippen molar-refractivity contribution >= 4 is 0 Å². The smallest absolute Gasteiger partial charge is 0.112 e. The summed E-state index contributed by atoms with van der Waals surface area (Å²) >= 11 is 0. The van der Waals surface area contributed by atoms with Gasteiger partial charge in [0.25, 0.3) is 0 Å². The standard InChI is InChI=1S/C19H31F/c1-8-18(4,5)12-11-17(19(6,7)20)16-10-9-14(2)15(3)13-16/h9-10,13,17H,8,11-12H2,1-7H3. The van der Waals surface area contributed by atoms with E-state index in [4.69, 9.17) is 0 Å². The summed E-state index contributed by atoms with van der Waals surface area (Å²) in [7, 11) is 0. The molecule has 0 saturated heterocycles. The van der Waals surface area contributed by atoms with Gasteiger partial charge in [-0.15, -0.1) is 0 Å². The Bertz CT molecular complexity index is 438. The molecule has 0 N–H and O–H groups in total. The lowest BCUT2D eigenvalue weighted by Crippen LogP contribution is -2.26. The van der Waals surface area contributed by atoms with Crippen LogP contribution < -0.4 is 0 Å². The van der Waals surface area contributed by atoms with Crippen LogP contribution in [0.2, 0.25) is 0 Å². The maximum absolute atomic E-state index is 14.7. The summed E-state index contributed by atoms with van der Waals surface area (Å²) in [4.78, 5) is 0. The van der Waals surface area contributed by atoms with E-state index in [-0.39, 0.29) is 5.92 Å². The molecule has 0 aliphatic rings. The first-order chi connectivity index (χ1) is 9.07. The molecule has 0 fully saturated rings. The number of hydrogen-bond donors (Lipinski definition) is 0. The van der Waals surface area contributed by atoms with Gasteiger partial charge in [0.2, 0.25) is 0 Å². The first-order valence-electron chi connectivity index (χ1n) is 7.83. The molecule has 0 heterocycles. The predicted molar refractivity (Wildman–Crippen MR) is 87.2 cm³/mol. The molecule has 1 rings (SSSR count). The molecule has 114 valence electrons. The third-order valence-corrected chi connectivity index (χ3v) is 4.83. The minimum Gasteiger partial charge on any atom is -0.244 e. The van der Waals surface area contributed by atoms with Crippen LogP contribution in [-0.4, -0.2) is 5.67 Å². The molecule has 1 atom stereocenters. The van der Waals surface area contributed by atoms with E-state index >= 15 is 0 Å². The summed E-state index contributed by atoms with van der Waals surface area (Å²) < 4.78 is 14.7. The second-order valence-corrected chi connectivity index (χ2v) is 7.52. The fourth-order valence-electron chi connectivity index (χ4n) is 2.60. The summed E-state index contributed by atoms with van der Waals surface area (Å²) in [6.07, 6.45) is 3.11. The van der Waals surface area contributed by atoms with Crippen molar-refractivity contribution < 1.29 is 4.39 Å². The molecule has 1 aromatic rings. The molecule has 0 spiro atoms. The van der Waals surface area contributed by atoms with Crippen LogP contribution in [0, 0.1) is 19.3 Å². The number of rotatable bonds is 6. The molecule has 1 unspecified atom stereocenters. The topological polar surface area (TPSA) is 0 Å². The normalized spacial score (nSPS) is 14.4. The van der Waals surface area contributed by atoms with Crippen LogP contribution in [0.1, 0.15) is 76.5 Å². The van der Waals surface area contributed by atoms with Crippen LogP contribution in [0.15, 0.2) is 18.2 Å². The highest BCUT2D eigenvalue weighted by Crippen LogP contribution is 2.39. The highest BCUT2D eigenvalue weighted by molar-refractivity contribution is 5.33. The number of hydrogen-bond acceptors (Lipinski definition) is 0. The van der Waals surface area contributed by atoms with E-state index in [0.29, 0.717) is 5.41 Å². The fraction of sp³-hybridized carbons (Fsp3) is 0.684. The van der Waals surface area contributed by atoms with E-state index in [1.807, 2.05) is 0 Å². The van der Waals surface area contributed by atoms with Crippen LogP contribution in [0.3, 0.4) is 0 Å². The van der Waals surface area contributed by atoms with Gasteiger partial charge in [0.1, 0.15) is 5.67 Å². The zero-order valence-electron chi connectivity index (χ0n) is 14.3. The molecular weight excluding hydrogens is 247 g/mol. The summed E-state index contributed by atoms with van der Waals surface area (Å²) in [5, 5.41) is 0. The molecule has 0 aliphatic heterocycles. The van der Waals surface area contributed by atoms with Crippen molar-refractivity contribution in [1.29, 1.82) is 0 Å². The SMILES string of the molecule is CCC(C)(C)CCC(c1ccc(C)c(C)c1)C(C)(C)F. The van der Waals surface area contributed by atoms with Gasteiger partial charge in [0.15, 0.2) is 0 Å². The fourth-order valence-corrected chi connectivity index (χ4v) is 2.60. The van der Waals surface area contributed by atoms with Crippen LogP contribution in [0.25, 0.3) is 0 Å². The van der Waals surface area contributed by atoms with Gasteiger partial charge >= 0.3 is 0 Å². The molecular formula is C19H31F. The van der Waals surface area contributed by atoms with Crippen molar-refractivity contribution in [3.8, 4) is 0 Å². The van der Waals surface area contributed by atoms with Gasteiger partial charge in [-0.3, -0.25) is 0 Å². The van der Waals surface area contributed by atoms with Crippen LogP contribution >= 0.6 is 0 Å². The number of benzene rings is 1. The Labute approximate surface area is 124 Å². The molecule has 1 aromatic carbocycles. The summed E-state index contributed by atoms with van der Waals surface area (Å²) in [5.74, 6) is -0.0207. The lowest BCUT2D eigenvalue weighted by Gasteiger charge is -2.32. The largest absolute Gasteiger partial charge is 0.244 e. The Balaban J connectivity index is 2.98. The average molecular weight is 278 g/mol. The van der Waals surface area contributed by atoms with Crippen LogP contribution in [0.5, 0.6) is 0 Å². The molecule has 0 saturated carbocycles. The van der Waals surface area contributed by atoms with Crippen LogP contribution in [-0.2, 0) is 0 Å². The monoisotopic (exact) mass is 278 g/mol. The molecule has 20 heavy (non-hydrogen) atoms. The molecule has 0 aliphatic carbocycles. The maximum Gasteiger partial charge on any atom is 0.112 e. The highest BCUT2D eigenvalue weighted by Gasteiger charge is 2.32. The Hall–Kier alpha value is -0.850. The Kier molecular flexibility index (Phi) is 5.40. The average Bonchev–Trinajstić information content (AvgIpc) is 2.32. The number of aryl methyl sites for hydroxylation is 2. The molecule has 1 heteroatoms. The van der Waals surface area contributed by atoms with Crippen molar-refractivity contribution in [3.05, 3.63) is 34.9 Å². The highest BCUT2D eigenvalue weighted by atomic mass is 19.1. The van der Waals surface area contributed by atoms with Gasteiger partial charge in [0, 0.05) is 5.92 Å². The summed E-state index contributed by atoms with van der Waals surface area (Å²) in [6.45, 7) is 14.4. The Morgan fingerprint density at radius 3 is 2.10 bits per heavy atom. The van der Waals surface area contributed by atoms with Gasteiger partial charge in [-0.05, 0) is 62.6 Å². The molecule has 0 nitrogen and oxygen atoms in total. The first-order valence-corrected chi connectivity index (χ1v) is 7.83. The number of halogens is 1. The van der Waals surface area contributed by atoms with Gasteiger partial charge in [-0.25, -0.2) is 4.39 Å². The quantitative estimate of drug-likeness (QED) is 0.568. The van der Waals surface area contributed by atoms with Gasteiger partial charge < -0.3 is 0 Å². The van der Waals surface area contributed by atoms with Crippen molar-refractivity contribution in [2.75, 3.05) is 0 Å². The van der Waals surface area contributed by atoms with Gasteiger partial charge in [-0.1, -0.05) is 45.4 Å². The maximum atomic E-state index is 14.7. The van der Waals surface area contributed by atoms with Crippen LogP contribution in [0.4, 0.5) is 4.39 Å². The zero-order valence-corrected chi connectivity index (χ0v) is 14.3. The van der Waals surface area contributed by atoms with Gasteiger partial charge in [-0.2, -0.15) is 0 Å². The lowest BCUT2D eigenvalue weighted by molar-refractivity contribution is 0.150. The predicted octanol–water partition coefficient (Wildman–Crippen LogP) is 6.35. The van der Waals surface area contributed by atoms with Crippen molar-refractivity contribution in [2.45, 2.75) is 79.3 Å². The summed E-state index contributed by atoms with van der Waals surface area (Å²) in [6, 6.07) is 6.39. The van der Waals surface area contributed by atoms with Crippen molar-refractivity contribution in [3.63, 3.8) is 0 Å². The van der Waals surface area contributed by atoms with E-state index in [1.165, 1.54) is 11.1 Å². The molecule has 0 aromatic heterocycles. The Morgan fingerprint density at radius 1 is 1.05 bits per heavy atom. The van der Waals surface area contributed by atoms with E-state index in [1.54, 1.807) is 13.8 Å². The molecule has 0 bridgehead atoms. The minimum atomic E-state index is -1.18. The number of alkyl halides is 1. The minimum absolute atomic E-state index is 0.0207. The van der Waals surface area contributed by atoms with E-state index < -0.39 is 5.67 Å². The van der Waals surface area contributed by atoms with Gasteiger partial charge in [0.05, 0.1) is 0 Å². The van der Waals surface area contributed by atoms with E-state index in [9.17, 15) is 4.39 Å². The lowest BCUT2D eigenvalue weighted by atomic mass is 9.76. The zero-order chi connectivity index (χ0) is 15.6. The second kappa shape index (κ2) is 6.28.